The summed E-state index contributed by atoms with van der Waals surface area (Å²) in [5.74, 6) is -0.970. The first-order chi connectivity index (χ1) is 15.5. The van der Waals surface area contributed by atoms with Crippen LogP contribution in [0.1, 0.15) is 43.2 Å². The Hall–Kier alpha value is -3.35. The van der Waals surface area contributed by atoms with Gasteiger partial charge in [-0.15, -0.1) is 0 Å². The van der Waals surface area contributed by atoms with Gasteiger partial charge in [-0.3, -0.25) is 9.59 Å². The summed E-state index contributed by atoms with van der Waals surface area (Å²) >= 11 is 0. The summed E-state index contributed by atoms with van der Waals surface area (Å²) in [5, 5.41) is 5.46. The number of alkyl carbamates (subject to hydrolysis) is 1. The maximum Gasteiger partial charge on any atom is 0.408 e. The normalized spacial score (nSPS) is 15.9. The van der Waals surface area contributed by atoms with Gasteiger partial charge in [0.25, 0.3) is 0 Å². The standard InChI is InChI=1S/C25H31N3O4/c26-23(29)22(20-14-8-3-9-15-20)28-24(30)21(16-18-10-4-1-5-11-18)27-25(31)32-17-19-12-6-2-7-13-19/h1-2,4-7,10-13,20-22H,3,8-9,14-17H2,(H2,26,29)(H,27,31)(H,28,30)/t21-,22-/m1/s1. The Balaban J connectivity index is 1.67. The first kappa shape index (κ1) is 23.3. The summed E-state index contributed by atoms with van der Waals surface area (Å²) in [5.41, 5.74) is 7.34. The Morgan fingerprint density at radius 3 is 2.06 bits per heavy atom. The number of carbonyl (C=O) groups excluding carboxylic acids is 3. The van der Waals surface area contributed by atoms with Crippen molar-refractivity contribution >= 4 is 17.9 Å². The van der Waals surface area contributed by atoms with Crippen LogP contribution in [0.2, 0.25) is 0 Å². The molecule has 2 aromatic carbocycles. The van der Waals surface area contributed by atoms with E-state index in [1.807, 2.05) is 60.7 Å². The maximum absolute atomic E-state index is 13.1. The van der Waals surface area contributed by atoms with E-state index in [0.717, 1.165) is 43.2 Å². The highest BCUT2D eigenvalue weighted by Gasteiger charge is 2.32. The summed E-state index contributed by atoms with van der Waals surface area (Å²) < 4.78 is 5.29. The number of rotatable bonds is 9. The Bertz CT molecular complexity index is 883. The van der Waals surface area contributed by atoms with Crippen molar-refractivity contribution in [3.8, 4) is 0 Å². The maximum atomic E-state index is 13.1. The van der Waals surface area contributed by atoms with Crippen LogP contribution in [0, 0.1) is 5.92 Å². The molecular weight excluding hydrogens is 406 g/mol. The Morgan fingerprint density at radius 2 is 1.47 bits per heavy atom. The molecule has 4 N–H and O–H groups in total. The SMILES string of the molecule is NC(=O)[C@H](NC(=O)[C@@H](Cc1ccccc1)NC(=O)OCc1ccccc1)C1CCCCC1. The van der Waals surface area contributed by atoms with Crippen molar-refractivity contribution < 1.29 is 19.1 Å². The van der Waals surface area contributed by atoms with Crippen molar-refractivity contribution in [2.75, 3.05) is 0 Å². The molecule has 1 aliphatic rings. The van der Waals surface area contributed by atoms with Gasteiger partial charge in [-0.2, -0.15) is 0 Å². The van der Waals surface area contributed by atoms with Gasteiger partial charge in [-0.05, 0) is 29.9 Å². The first-order valence-corrected chi connectivity index (χ1v) is 11.1. The van der Waals surface area contributed by atoms with Crippen LogP contribution in [-0.2, 0) is 27.4 Å². The van der Waals surface area contributed by atoms with Gasteiger partial charge >= 0.3 is 6.09 Å². The van der Waals surface area contributed by atoms with E-state index in [9.17, 15) is 14.4 Å². The van der Waals surface area contributed by atoms with Gasteiger partial charge in [0, 0.05) is 6.42 Å². The van der Waals surface area contributed by atoms with Crippen molar-refractivity contribution in [1.29, 1.82) is 0 Å². The van der Waals surface area contributed by atoms with E-state index >= 15 is 0 Å². The summed E-state index contributed by atoms with van der Waals surface area (Å²) in [6.07, 6.45) is 4.43. The van der Waals surface area contributed by atoms with Crippen LogP contribution in [0.3, 0.4) is 0 Å². The van der Waals surface area contributed by atoms with Gasteiger partial charge in [0.05, 0.1) is 0 Å². The van der Waals surface area contributed by atoms with Crippen LogP contribution in [0.4, 0.5) is 4.79 Å². The topological polar surface area (TPSA) is 111 Å². The molecule has 2 atom stereocenters. The lowest BCUT2D eigenvalue weighted by Gasteiger charge is -2.30. The van der Waals surface area contributed by atoms with Crippen LogP contribution in [0.5, 0.6) is 0 Å². The van der Waals surface area contributed by atoms with Crippen molar-refractivity contribution in [3.63, 3.8) is 0 Å². The third kappa shape index (κ3) is 7.11. The smallest absolute Gasteiger partial charge is 0.408 e. The molecule has 32 heavy (non-hydrogen) atoms. The number of nitrogens with two attached hydrogens (primary N) is 1. The van der Waals surface area contributed by atoms with Crippen molar-refractivity contribution in [1.82, 2.24) is 10.6 Å². The molecule has 0 unspecified atom stereocenters. The molecule has 2 aromatic rings. The molecular formula is C25H31N3O4. The highest BCUT2D eigenvalue weighted by molar-refractivity contribution is 5.91. The second-order valence-corrected chi connectivity index (χ2v) is 8.24. The fraction of sp³-hybridized carbons (Fsp3) is 0.400. The molecule has 3 amide bonds. The van der Waals surface area contributed by atoms with E-state index in [2.05, 4.69) is 10.6 Å². The minimum Gasteiger partial charge on any atom is -0.445 e. The van der Waals surface area contributed by atoms with Gasteiger partial charge in [-0.1, -0.05) is 79.9 Å². The van der Waals surface area contributed by atoms with Gasteiger partial charge < -0.3 is 21.1 Å². The zero-order valence-corrected chi connectivity index (χ0v) is 18.2. The predicted octanol–water partition coefficient (Wildman–Crippen LogP) is 3.07. The third-order valence-corrected chi connectivity index (χ3v) is 5.83. The number of nitrogens with one attached hydrogen (secondary N) is 2. The molecule has 0 radical (unpaired) electrons. The van der Waals surface area contributed by atoms with E-state index in [-0.39, 0.29) is 18.9 Å². The highest BCUT2D eigenvalue weighted by atomic mass is 16.5. The van der Waals surface area contributed by atoms with E-state index in [1.54, 1.807) is 0 Å². The van der Waals surface area contributed by atoms with Crippen LogP contribution < -0.4 is 16.4 Å². The molecule has 1 fully saturated rings. The second-order valence-electron chi connectivity index (χ2n) is 8.24. The van der Waals surface area contributed by atoms with Gasteiger partial charge in [-0.25, -0.2) is 4.79 Å². The van der Waals surface area contributed by atoms with E-state index in [0.29, 0.717) is 0 Å². The van der Waals surface area contributed by atoms with Crippen LogP contribution >= 0.6 is 0 Å². The van der Waals surface area contributed by atoms with E-state index in [1.165, 1.54) is 0 Å². The lowest BCUT2D eigenvalue weighted by atomic mass is 9.83. The Labute approximate surface area is 188 Å². The van der Waals surface area contributed by atoms with E-state index in [4.69, 9.17) is 10.5 Å². The highest BCUT2D eigenvalue weighted by Crippen LogP contribution is 2.26. The molecule has 7 heteroatoms. The Kier molecular flexibility index (Phi) is 8.66. The second kappa shape index (κ2) is 11.9. The number of amides is 3. The minimum atomic E-state index is -0.897. The zero-order valence-electron chi connectivity index (χ0n) is 18.2. The lowest BCUT2D eigenvalue weighted by Crippen LogP contribution is -2.56. The minimum absolute atomic E-state index is 0.0209. The number of ether oxygens (including phenoxy) is 1. The average Bonchev–Trinajstić information content (AvgIpc) is 2.82. The molecule has 0 spiro atoms. The zero-order chi connectivity index (χ0) is 22.8. The fourth-order valence-corrected chi connectivity index (χ4v) is 4.11. The largest absolute Gasteiger partial charge is 0.445 e. The predicted molar refractivity (Wildman–Crippen MR) is 121 cm³/mol. The molecule has 0 saturated heterocycles. The number of benzene rings is 2. The summed E-state index contributed by atoms with van der Waals surface area (Å²) in [6.45, 7) is 0.0956. The number of hydrogen-bond donors (Lipinski definition) is 3. The van der Waals surface area contributed by atoms with Crippen molar-refractivity contribution in [2.45, 2.75) is 57.2 Å². The van der Waals surface area contributed by atoms with Crippen LogP contribution in [0.15, 0.2) is 60.7 Å². The molecule has 7 nitrogen and oxygen atoms in total. The molecule has 3 rings (SSSR count). The number of carbonyl (C=O) groups is 3. The monoisotopic (exact) mass is 437 g/mol. The summed E-state index contributed by atoms with van der Waals surface area (Å²) in [7, 11) is 0. The van der Waals surface area contributed by atoms with Crippen molar-refractivity contribution in [2.24, 2.45) is 11.7 Å². The van der Waals surface area contributed by atoms with Crippen LogP contribution in [0.25, 0.3) is 0 Å². The molecule has 170 valence electrons. The Morgan fingerprint density at radius 1 is 0.875 bits per heavy atom. The third-order valence-electron chi connectivity index (χ3n) is 5.83. The quantitative estimate of drug-likeness (QED) is 0.560. The average molecular weight is 438 g/mol. The van der Waals surface area contributed by atoms with Crippen LogP contribution in [-0.4, -0.2) is 30.0 Å². The van der Waals surface area contributed by atoms with E-state index < -0.39 is 30.0 Å². The molecule has 1 aliphatic carbocycles. The number of hydrogen-bond acceptors (Lipinski definition) is 4. The summed E-state index contributed by atoms with van der Waals surface area (Å²) in [4.78, 5) is 37.7. The lowest BCUT2D eigenvalue weighted by molar-refractivity contribution is -0.130. The molecule has 0 aliphatic heterocycles. The molecule has 0 aromatic heterocycles. The molecule has 0 bridgehead atoms. The van der Waals surface area contributed by atoms with Gasteiger partial charge in [0.15, 0.2) is 0 Å². The van der Waals surface area contributed by atoms with Gasteiger partial charge in [0.1, 0.15) is 18.7 Å². The fourth-order valence-electron chi connectivity index (χ4n) is 4.11. The molecule has 0 heterocycles. The van der Waals surface area contributed by atoms with Gasteiger partial charge in [0.2, 0.25) is 11.8 Å². The first-order valence-electron chi connectivity index (χ1n) is 11.1. The number of primary amides is 1. The summed E-state index contributed by atoms with van der Waals surface area (Å²) in [6, 6.07) is 17.0. The van der Waals surface area contributed by atoms with Crippen molar-refractivity contribution in [3.05, 3.63) is 71.8 Å². The molecule has 1 saturated carbocycles.